The molecular weight excluding hydrogens is 224 g/mol. The number of carbonyl (C=O) groups excluding carboxylic acids is 1. The number of para-hydroxylation sites is 1. The predicted octanol–water partition coefficient (Wildman–Crippen LogP) is 1.08. The van der Waals surface area contributed by atoms with E-state index in [0.29, 0.717) is 11.1 Å². The van der Waals surface area contributed by atoms with E-state index in [0.717, 1.165) is 0 Å². The van der Waals surface area contributed by atoms with Crippen molar-refractivity contribution in [2.45, 2.75) is 0 Å². The smallest absolute Gasteiger partial charge is 0.277 e. The van der Waals surface area contributed by atoms with Crippen LogP contribution in [0.1, 0.15) is 10.5 Å². The van der Waals surface area contributed by atoms with Crippen molar-refractivity contribution in [2.24, 2.45) is 5.73 Å². The van der Waals surface area contributed by atoms with E-state index < -0.39 is 10.8 Å². The van der Waals surface area contributed by atoms with Crippen molar-refractivity contribution in [1.82, 2.24) is 10.2 Å². The van der Waals surface area contributed by atoms with Crippen LogP contribution in [0.15, 0.2) is 30.5 Å². The summed E-state index contributed by atoms with van der Waals surface area (Å²) in [6.45, 7) is 0. The van der Waals surface area contributed by atoms with Crippen molar-refractivity contribution in [2.75, 3.05) is 0 Å². The highest BCUT2D eigenvalue weighted by Gasteiger charge is 2.20. The summed E-state index contributed by atoms with van der Waals surface area (Å²) in [7, 11) is 0. The fourth-order valence-electron chi connectivity index (χ4n) is 1.54. The number of nitro benzene ring substituents is 1. The van der Waals surface area contributed by atoms with E-state index >= 15 is 0 Å². The van der Waals surface area contributed by atoms with Crippen LogP contribution in [-0.2, 0) is 0 Å². The summed E-state index contributed by atoms with van der Waals surface area (Å²) in [5, 5.41) is 17.0. The summed E-state index contributed by atoms with van der Waals surface area (Å²) in [5.41, 5.74) is 5.73. The van der Waals surface area contributed by atoms with Crippen LogP contribution in [0.25, 0.3) is 11.1 Å². The van der Waals surface area contributed by atoms with Gasteiger partial charge in [0.1, 0.15) is 5.69 Å². The highest BCUT2D eigenvalue weighted by Crippen LogP contribution is 2.30. The summed E-state index contributed by atoms with van der Waals surface area (Å²) in [5.74, 6) is -0.712. The van der Waals surface area contributed by atoms with Gasteiger partial charge in [-0.1, -0.05) is 12.1 Å². The fraction of sp³-hybridized carbons (Fsp3) is 0. The molecule has 0 saturated carbocycles. The molecule has 3 N–H and O–H groups in total. The lowest BCUT2D eigenvalue weighted by Crippen LogP contribution is -2.12. The molecule has 0 fully saturated rings. The first-order valence-electron chi connectivity index (χ1n) is 4.68. The van der Waals surface area contributed by atoms with Crippen molar-refractivity contribution in [3.05, 3.63) is 46.3 Å². The fourth-order valence-corrected chi connectivity index (χ4v) is 1.54. The van der Waals surface area contributed by atoms with Crippen LogP contribution in [0.3, 0.4) is 0 Å². The standard InChI is InChI=1S/C10H8N4O3/c11-10(15)9-7(5-12-13-9)6-3-1-2-4-8(6)14(16)17/h1-5H,(H2,11,15)(H,12,13). The summed E-state index contributed by atoms with van der Waals surface area (Å²) in [6, 6.07) is 6.08. The Morgan fingerprint density at radius 3 is 2.71 bits per heavy atom. The van der Waals surface area contributed by atoms with Gasteiger partial charge in [0.2, 0.25) is 0 Å². The van der Waals surface area contributed by atoms with E-state index in [-0.39, 0.29) is 11.4 Å². The molecule has 1 aromatic heterocycles. The molecule has 0 aliphatic heterocycles. The number of hydrogen-bond donors (Lipinski definition) is 2. The first-order chi connectivity index (χ1) is 8.11. The van der Waals surface area contributed by atoms with Gasteiger partial charge < -0.3 is 5.73 Å². The molecule has 0 saturated heterocycles. The van der Waals surface area contributed by atoms with Gasteiger partial charge >= 0.3 is 0 Å². The third-order valence-corrected chi connectivity index (χ3v) is 2.28. The van der Waals surface area contributed by atoms with Crippen LogP contribution in [0, 0.1) is 10.1 Å². The maximum absolute atomic E-state index is 11.1. The highest BCUT2D eigenvalue weighted by molar-refractivity contribution is 5.98. The van der Waals surface area contributed by atoms with Crippen LogP contribution in [0.2, 0.25) is 0 Å². The SMILES string of the molecule is NC(=O)c1[nH]ncc1-c1ccccc1[N+](=O)[O-]. The lowest BCUT2D eigenvalue weighted by molar-refractivity contribution is -0.384. The minimum atomic E-state index is -0.712. The van der Waals surface area contributed by atoms with Gasteiger partial charge in [0.15, 0.2) is 0 Å². The molecule has 7 nitrogen and oxygen atoms in total. The Kier molecular flexibility index (Phi) is 2.57. The van der Waals surface area contributed by atoms with E-state index in [4.69, 9.17) is 5.73 Å². The van der Waals surface area contributed by atoms with Gasteiger partial charge in [-0.3, -0.25) is 20.0 Å². The Labute approximate surface area is 95.4 Å². The number of primary amides is 1. The second-order valence-corrected chi connectivity index (χ2v) is 3.30. The van der Waals surface area contributed by atoms with Crippen LogP contribution >= 0.6 is 0 Å². The van der Waals surface area contributed by atoms with Gasteiger partial charge in [-0.25, -0.2) is 0 Å². The molecule has 0 atom stereocenters. The molecule has 0 spiro atoms. The zero-order valence-corrected chi connectivity index (χ0v) is 8.58. The Hall–Kier alpha value is -2.70. The van der Waals surface area contributed by atoms with E-state index in [1.807, 2.05) is 0 Å². The molecule has 86 valence electrons. The summed E-state index contributed by atoms with van der Waals surface area (Å²) in [6.07, 6.45) is 1.34. The summed E-state index contributed by atoms with van der Waals surface area (Å²) < 4.78 is 0. The van der Waals surface area contributed by atoms with Crippen LogP contribution in [0.4, 0.5) is 5.69 Å². The maximum Gasteiger partial charge on any atom is 0.277 e. The number of nitrogens with one attached hydrogen (secondary N) is 1. The van der Waals surface area contributed by atoms with Crippen molar-refractivity contribution in [3.63, 3.8) is 0 Å². The van der Waals surface area contributed by atoms with Crippen LogP contribution < -0.4 is 5.73 Å². The van der Waals surface area contributed by atoms with E-state index in [2.05, 4.69) is 10.2 Å². The first kappa shape index (κ1) is 10.8. The molecule has 0 bridgehead atoms. The van der Waals surface area contributed by atoms with Crippen molar-refractivity contribution < 1.29 is 9.72 Å². The summed E-state index contributed by atoms with van der Waals surface area (Å²) in [4.78, 5) is 21.5. The average Bonchev–Trinajstić information content (AvgIpc) is 2.77. The van der Waals surface area contributed by atoms with Gasteiger partial charge in [0.25, 0.3) is 11.6 Å². The maximum atomic E-state index is 11.1. The largest absolute Gasteiger partial charge is 0.364 e. The number of nitrogens with zero attached hydrogens (tertiary/aromatic N) is 2. The molecule has 0 radical (unpaired) electrons. The Bertz CT molecular complexity index is 591. The van der Waals surface area contributed by atoms with Crippen LogP contribution in [-0.4, -0.2) is 21.0 Å². The molecular formula is C10H8N4O3. The predicted molar refractivity (Wildman–Crippen MR) is 59.2 cm³/mol. The number of amides is 1. The molecule has 1 aromatic carbocycles. The molecule has 7 heteroatoms. The number of aromatic amines is 1. The van der Waals surface area contributed by atoms with E-state index in [1.54, 1.807) is 12.1 Å². The Morgan fingerprint density at radius 2 is 2.06 bits per heavy atom. The summed E-state index contributed by atoms with van der Waals surface area (Å²) >= 11 is 0. The number of H-pyrrole nitrogens is 1. The molecule has 0 unspecified atom stereocenters. The normalized spacial score (nSPS) is 10.1. The zero-order valence-electron chi connectivity index (χ0n) is 8.58. The molecule has 2 aromatic rings. The number of nitro groups is 1. The molecule has 2 rings (SSSR count). The quantitative estimate of drug-likeness (QED) is 0.608. The third-order valence-electron chi connectivity index (χ3n) is 2.28. The minimum Gasteiger partial charge on any atom is -0.364 e. The first-order valence-corrected chi connectivity index (χ1v) is 4.68. The molecule has 17 heavy (non-hydrogen) atoms. The lowest BCUT2D eigenvalue weighted by Gasteiger charge is -2.01. The molecule has 0 aliphatic rings. The number of aromatic nitrogens is 2. The van der Waals surface area contributed by atoms with Gasteiger partial charge in [0.05, 0.1) is 16.7 Å². The Balaban J connectivity index is 2.64. The van der Waals surface area contributed by atoms with Crippen molar-refractivity contribution >= 4 is 11.6 Å². The topological polar surface area (TPSA) is 115 Å². The van der Waals surface area contributed by atoms with Gasteiger partial charge in [-0.15, -0.1) is 0 Å². The van der Waals surface area contributed by atoms with Crippen LogP contribution in [0.5, 0.6) is 0 Å². The van der Waals surface area contributed by atoms with Gasteiger partial charge in [-0.2, -0.15) is 5.10 Å². The number of carbonyl (C=O) groups is 1. The zero-order chi connectivity index (χ0) is 12.4. The molecule has 0 aliphatic carbocycles. The molecule has 1 amide bonds. The van der Waals surface area contributed by atoms with Gasteiger partial charge in [0, 0.05) is 11.6 Å². The number of rotatable bonds is 3. The van der Waals surface area contributed by atoms with Crippen molar-refractivity contribution in [3.8, 4) is 11.1 Å². The van der Waals surface area contributed by atoms with Gasteiger partial charge in [-0.05, 0) is 6.07 Å². The molecule has 1 heterocycles. The second kappa shape index (κ2) is 4.05. The number of nitrogens with two attached hydrogens (primary N) is 1. The highest BCUT2D eigenvalue weighted by atomic mass is 16.6. The van der Waals surface area contributed by atoms with E-state index in [1.165, 1.54) is 18.3 Å². The second-order valence-electron chi connectivity index (χ2n) is 3.30. The average molecular weight is 232 g/mol. The monoisotopic (exact) mass is 232 g/mol. The number of benzene rings is 1. The Morgan fingerprint density at radius 1 is 1.35 bits per heavy atom. The van der Waals surface area contributed by atoms with E-state index in [9.17, 15) is 14.9 Å². The third kappa shape index (κ3) is 1.85. The lowest BCUT2D eigenvalue weighted by atomic mass is 10.0. The van der Waals surface area contributed by atoms with Crippen molar-refractivity contribution in [1.29, 1.82) is 0 Å². The minimum absolute atomic E-state index is 0.0549. The number of hydrogen-bond acceptors (Lipinski definition) is 4.